The lowest BCUT2D eigenvalue weighted by Crippen LogP contribution is -2.54. The van der Waals surface area contributed by atoms with Crippen molar-refractivity contribution >= 4 is 16.1 Å². The highest BCUT2D eigenvalue weighted by Crippen LogP contribution is 2.16. The van der Waals surface area contributed by atoms with E-state index in [0.717, 1.165) is 41.3 Å². The second-order valence-corrected chi connectivity index (χ2v) is 8.53. The van der Waals surface area contributed by atoms with Crippen LogP contribution in [0.4, 0.5) is 4.79 Å². The van der Waals surface area contributed by atoms with E-state index >= 15 is 0 Å². The highest BCUT2D eigenvalue weighted by atomic mass is 32.2. The average Bonchev–Trinajstić information content (AvgIpc) is 3.17. The predicted molar refractivity (Wildman–Crippen MR) is 93.5 cm³/mol. The van der Waals surface area contributed by atoms with Crippen LogP contribution in [0.2, 0.25) is 0 Å². The topological polar surface area (TPSA) is 105 Å². The van der Waals surface area contributed by atoms with Gasteiger partial charge in [-0.2, -0.15) is 4.31 Å². The van der Waals surface area contributed by atoms with Crippen molar-refractivity contribution in [3.63, 3.8) is 0 Å². The molecule has 0 spiro atoms. The molecule has 1 aromatic heterocycles. The molecule has 3 rings (SSSR count). The van der Waals surface area contributed by atoms with Gasteiger partial charge in [0, 0.05) is 59.6 Å². The van der Waals surface area contributed by atoms with Gasteiger partial charge in [0.2, 0.25) is 10.0 Å². The zero-order valence-corrected chi connectivity index (χ0v) is 15.7. The minimum Gasteiger partial charge on any atom is -0.325 e. The highest BCUT2D eigenvalue weighted by molar-refractivity contribution is 7.89. The molecule has 2 aliphatic rings. The summed E-state index contributed by atoms with van der Waals surface area (Å²) in [6.45, 7) is 2.28. The van der Waals surface area contributed by atoms with Gasteiger partial charge < -0.3 is 14.4 Å². The number of amides is 2. The molecule has 0 radical (unpaired) electrons. The molecule has 0 unspecified atom stereocenters. The smallest absolute Gasteiger partial charge is 0.325 e. The Balaban J connectivity index is 1.78. The molecule has 0 N–H and O–H groups in total. The minimum atomic E-state index is -4.03. The molecule has 2 amide bonds. The molecule has 10 nitrogen and oxygen atoms in total. The fourth-order valence-corrected chi connectivity index (χ4v) is 4.89. The lowest BCUT2D eigenvalue weighted by atomic mass is 10.4. The Morgan fingerprint density at radius 2 is 1.46 bits per heavy atom. The van der Waals surface area contributed by atoms with Gasteiger partial charge in [-0.25, -0.2) is 18.0 Å². The molecular weight excluding hydrogens is 362 g/mol. The van der Waals surface area contributed by atoms with Crippen LogP contribution >= 0.6 is 0 Å². The van der Waals surface area contributed by atoms with Crippen molar-refractivity contribution in [1.29, 1.82) is 0 Å². The normalized spacial score (nSPS) is 19.2. The van der Waals surface area contributed by atoms with Gasteiger partial charge in [0.05, 0.1) is 0 Å². The van der Waals surface area contributed by atoms with Gasteiger partial charge in [0.15, 0.2) is 4.90 Å². The molecule has 1 aromatic rings. The van der Waals surface area contributed by atoms with Gasteiger partial charge in [0.25, 0.3) is 5.56 Å². The summed E-state index contributed by atoms with van der Waals surface area (Å²) in [6, 6.07) is -0.0578. The maximum absolute atomic E-state index is 12.8. The van der Waals surface area contributed by atoms with E-state index in [2.05, 4.69) is 0 Å². The number of aryl methyl sites for hydroxylation is 1. The molecule has 0 aliphatic carbocycles. The third kappa shape index (κ3) is 3.16. The van der Waals surface area contributed by atoms with E-state index in [1.807, 2.05) is 0 Å². The summed E-state index contributed by atoms with van der Waals surface area (Å²) in [4.78, 5) is 39.4. The Labute approximate surface area is 151 Å². The Bertz CT molecular complexity index is 921. The van der Waals surface area contributed by atoms with Crippen LogP contribution in [0.15, 0.2) is 20.7 Å². The van der Waals surface area contributed by atoms with E-state index in [1.54, 1.807) is 9.80 Å². The minimum absolute atomic E-state index is 0.0578. The lowest BCUT2D eigenvalue weighted by molar-refractivity contribution is 0.142. The summed E-state index contributed by atoms with van der Waals surface area (Å²) in [6.07, 6.45) is 3.05. The second kappa shape index (κ2) is 6.88. The van der Waals surface area contributed by atoms with Crippen molar-refractivity contribution < 1.29 is 13.2 Å². The molecule has 2 fully saturated rings. The van der Waals surface area contributed by atoms with Crippen molar-refractivity contribution in [3.8, 4) is 0 Å². The fourth-order valence-electron chi connectivity index (χ4n) is 3.32. The summed E-state index contributed by atoms with van der Waals surface area (Å²) >= 11 is 0. The summed E-state index contributed by atoms with van der Waals surface area (Å²) in [7, 11) is -1.39. The summed E-state index contributed by atoms with van der Waals surface area (Å²) < 4.78 is 28.7. The van der Waals surface area contributed by atoms with Gasteiger partial charge in [-0.05, 0) is 12.8 Å². The van der Waals surface area contributed by atoms with Gasteiger partial charge in [-0.3, -0.25) is 9.36 Å². The molecule has 0 bridgehead atoms. The number of rotatable bonds is 2. The van der Waals surface area contributed by atoms with Gasteiger partial charge in [0.1, 0.15) is 0 Å². The van der Waals surface area contributed by atoms with Gasteiger partial charge in [-0.1, -0.05) is 0 Å². The third-order valence-electron chi connectivity index (χ3n) is 4.92. The summed E-state index contributed by atoms with van der Waals surface area (Å²) in [5.74, 6) is 0. The van der Waals surface area contributed by atoms with Crippen molar-refractivity contribution in [2.75, 3.05) is 39.3 Å². The number of carbonyl (C=O) groups is 1. The number of carbonyl (C=O) groups excluding carboxylic acids is 1. The van der Waals surface area contributed by atoms with Crippen LogP contribution in [0.1, 0.15) is 12.8 Å². The van der Waals surface area contributed by atoms with Crippen LogP contribution < -0.4 is 11.2 Å². The zero-order chi connectivity index (χ0) is 19.1. The molecule has 2 saturated heterocycles. The van der Waals surface area contributed by atoms with Crippen LogP contribution in [-0.4, -0.2) is 77.0 Å². The number of sulfonamides is 1. The first-order valence-corrected chi connectivity index (χ1v) is 9.98. The van der Waals surface area contributed by atoms with Crippen molar-refractivity contribution in [3.05, 3.63) is 27.0 Å². The Morgan fingerprint density at radius 1 is 0.923 bits per heavy atom. The van der Waals surface area contributed by atoms with E-state index in [1.165, 1.54) is 18.4 Å². The largest absolute Gasteiger partial charge is 0.330 e. The maximum atomic E-state index is 12.8. The van der Waals surface area contributed by atoms with Crippen molar-refractivity contribution in [2.24, 2.45) is 14.1 Å². The number of nitrogens with zero attached hydrogens (tertiary/aromatic N) is 5. The van der Waals surface area contributed by atoms with Gasteiger partial charge in [-0.15, -0.1) is 0 Å². The standard InChI is InChI=1S/C15H23N5O5S/c1-16-11-12(13(21)17(2)14(16)22)26(24,25)20-9-7-19(8-10-20)15(23)18-5-3-4-6-18/h11H,3-10H2,1-2H3. The van der Waals surface area contributed by atoms with E-state index < -0.39 is 26.2 Å². The number of piperazine rings is 1. The molecule has 0 aromatic carbocycles. The quantitative estimate of drug-likeness (QED) is 0.623. The molecule has 0 saturated carbocycles. The third-order valence-corrected chi connectivity index (χ3v) is 6.80. The first kappa shape index (κ1) is 18.6. The molecule has 26 heavy (non-hydrogen) atoms. The lowest BCUT2D eigenvalue weighted by Gasteiger charge is -2.35. The average molecular weight is 385 g/mol. The fraction of sp³-hybridized carbons (Fsp3) is 0.667. The number of urea groups is 1. The summed E-state index contributed by atoms with van der Waals surface area (Å²) in [5.41, 5.74) is -1.43. The highest BCUT2D eigenvalue weighted by Gasteiger charge is 2.34. The summed E-state index contributed by atoms with van der Waals surface area (Å²) in [5, 5.41) is 0. The molecule has 0 atom stereocenters. The van der Waals surface area contributed by atoms with Crippen LogP contribution in [-0.2, 0) is 24.1 Å². The molecule has 2 aliphatic heterocycles. The maximum Gasteiger partial charge on any atom is 0.330 e. The van der Waals surface area contributed by atoms with Crippen LogP contribution in [0, 0.1) is 0 Å². The van der Waals surface area contributed by atoms with E-state index in [0.29, 0.717) is 0 Å². The Morgan fingerprint density at radius 3 is 2.04 bits per heavy atom. The van der Waals surface area contributed by atoms with E-state index in [4.69, 9.17) is 0 Å². The Hall–Kier alpha value is -2.14. The molecule has 144 valence electrons. The van der Waals surface area contributed by atoms with E-state index in [9.17, 15) is 22.8 Å². The number of hydrogen-bond donors (Lipinski definition) is 0. The van der Waals surface area contributed by atoms with Crippen molar-refractivity contribution in [1.82, 2.24) is 23.2 Å². The monoisotopic (exact) mass is 385 g/mol. The van der Waals surface area contributed by atoms with E-state index in [-0.39, 0.29) is 32.2 Å². The second-order valence-electron chi connectivity index (χ2n) is 6.62. The molecule has 3 heterocycles. The number of hydrogen-bond acceptors (Lipinski definition) is 5. The van der Waals surface area contributed by atoms with Crippen LogP contribution in [0.5, 0.6) is 0 Å². The molecule has 11 heteroatoms. The first-order chi connectivity index (χ1) is 12.2. The predicted octanol–water partition coefficient (Wildman–Crippen LogP) is -1.39. The Kier molecular flexibility index (Phi) is 4.93. The first-order valence-electron chi connectivity index (χ1n) is 8.54. The number of aromatic nitrogens is 2. The molecular formula is C15H23N5O5S. The van der Waals surface area contributed by atoms with Crippen LogP contribution in [0.25, 0.3) is 0 Å². The van der Waals surface area contributed by atoms with Crippen LogP contribution in [0.3, 0.4) is 0 Å². The number of likely N-dealkylation sites (tertiary alicyclic amines) is 1. The zero-order valence-electron chi connectivity index (χ0n) is 14.9. The van der Waals surface area contributed by atoms with Gasteiger partial charge >= 0.3 is 11.7 Å². The SMILES string of the molecule is Cn1cc(S(=O)(=O)N2CCN(C(=O)N3CCCC3)CC2)c(=O)n(C)c1=O. The van der Waals surface area contributed by atoms with Crippen molar-refractivity contribution in [2.45, 2.75) is 17.7 Å².